The number of benzene rings is 2. The Balaban J connectivity index is 1.37. The van der Waals surface area contributed by atoms with Gasteiger partial charge in [0.15, 0.2) is 5.84 Å². The number of rotatable bonds is 6. The predicted molar refractivity (Wildman–Crippen MR) is 151 cm³/mol. The summed E-state index contributed by atoms with van der Waals surface area (Å²) in [5, 5.41) is 9.21. The first-order valence-electron chi connectivity index (χ1n) is 12.7. The first-order chi connectivity index (χ1) is 17.4. The van der Waals surface area contributed by atoms with Gasteiger partial charge in [-0.1, -0.05) is 24.3 Å². The standard InChI is InChI=1S/C29H35ClN6/c1-21(30)25-7-5-6-23(18-25)19-34(4)27-12-13-28-22(2)36(20-27)29(32-31-28)24-8-10-26(11-9-24)35-16-14-33(3)15-17-35/h5-13,18,20-22H,14-17,19H2,1-4H3. The molecule has 2 aromatic carbocycles. The van der Waals surface area contributed by atoms with Gasteiger partial charge in [0, 0.05) is 57.2 Å². The molecule has 0 amide bonds. The lowest BCUT2D eigenvalue weighted by molar-refractivity contribution is 0.313. The molecule has 6 nitrogen and oxygen atoms in total. The number of piperazine rings is 1. The van der Waals surface area contributed by atoms with Gasteiger partial charge in [-0.25, -0.2) is 0 Å². The number of anilines is 1. The van der Waals surface area contributed by atoms with Gasteiger partial charge < -0.3 is 19.6 Å². The van der Waals surface area contributed by atoms with E-state index in [1.807, 2.05) is 6.92 Å². The minimum atomic E-state index is -0.00197. The molecule has 0 aromatic heterocycles. The summed E-state index contributed by atoms with van der Waals surface area (Å²) in [4.78, 5) is 9.34. The minimum absolute atomic E-state index is 0.00197. The average Bonchev–Trinajstić information content (AvgIpc) is 2.97. The molecule has 188 valence electrons. The van der Waals surface area contributed by atoms with Gasteiger partial charge >= 0.3 is 0 Å². The van der Waals surface area contributed by atoms with Gasteiger partial charge in [-0.15, -0.1) is 16.7 Å². The fourth-order valence-corrected chi connectivity index (χ4v) is 5.03. The number of likely N-dealkylation sites (N-methyl/N-ethyl adjacent to an activating group) is 2. The first-order valence-corrected chi connectivity index (χ1v) is 13.1. The van der Waals surface area contributed by atoms with Crippen molar-refractivity contribution in [3.8, 4) is 0 Å². The number of allylic oxidation sites excluding steroid dienone is 1. The number of fused-ring (bicyclic) bond motifs is 2. The third-order valence-electron chi connectivity index (χ3n) is 7.31. The van der Waals surface area contributed by atoms with Crippen LogP contribution in [0.25, 0.3) is 0 Å². The zero-order valence-electron chi connectivity index (χ0n) is 21.6. The SMILES string of the molecule is CC(Cl)c1cccc(CN(C)C2=CN3C(c4ccc(N5CCN(C)CC5)cc4)=NN=C(C=C2)C3C)c1. The summed E-state index contributed by atoms with van der Waals surface area (Å²) in [7, 11) is 4.31. The number of hydrogen-bond acceptors (Lipinski definition) is 6. The molecule has 1 fully saturated rings. The summed E-state index contributed by atoms with van der Waals surface area (Å²) in [6, 6.07) is 17.4. The smallest absolute Gasteiger partial charge is 0.163 e. The van der Waals surface area contributed by atoms with Crippen molar-refractivity contribution in [2.45, 2.75) is 31.8 Å². The molecule has 2 atom stereocenters. The topological polar surface area (TPSA) is 37.7 Å². The number of nitrogens with zero attached hydrogens (tertiary/aromatic N) is 6. The monoisotopic (exact) mass is 502 g/mol. The van der Waals surface area contributed by atoms with Crippen molar-refractivity contribution in [3.05, 3.63) is 89.3 Å². The van der Waals surface area contributed by atoms with Crippen molar-refractivity contribution < 1.29 is 0 Å². The summed E-state index contributed by atoms with van der Waals surface area (Å²) < 4.78 is 0. The Kier molecular flexibility index (Phi) is 7.17. The molecule has 5 rings (SSSR count). The van der Waals surface area contributed by atoms with Crippen LogP contribution in [0.2, 0.25) is 0 Å². The van der Waals surface area contributed by atoms with Crippen LogP contribution in [0.1, 0.15) is 35.9 Å². The lowest BCUT2D eigenvalue weighted by Gasteiger charge is -2.34. The molecule has 0 spiro atoms. The van der Waals surface area contributed by atoms with Crippen molar-refractivity contribution in [2.75, 3.05) is 45.2 Å². The highest BCUT2D eigenvalue weighted by Gasteiger charge is 2.28. The van der Waals surface area contributed by atoms with Crippen LogP contribution >= 0.6 is 11.6 Å². The summed E-state index contributed by atoms with van der Waals surface area (Å²) in [6.07, 6.45) is 6.42. The van der Waals surface area contributed by atoms with E-state index in [4.69, 9.17) is 11.6 Å². The Morgan fingerprint density at radius 2 is 1.78 bits per heavy atom. The molecule has 3 aliphatic heterocycles. The van der Waals surface area contributed by atoms with Crippen LogP contribution in [0.5, 0.6) is 0 Å². The Labute approximate surface area is 219 Å². The van der Waals surface area contributed by atoms with Crippen molar-refractivity contribution in [2.24, 2.45) is 10.2 Å². The molecule has 2 aromatic rings. The van der Waals surface area contributed by atoms with Gasteiger partial charge in [0.2, 0.25) is 0 Å². The van der Waals surface area contributed by atoms with Crippen molar-refractivity contribution in [1.29, 1.82) is 0 Å². The fourth-order valence-electron chi connectivity index (χ4n) is 4.89. The molecule has 36 heavy (non-hydrogen) atoms. The van der Waals surface area contributed by atoms with E-state index < -0.39 is 0 Å². The molecule has 7 heteroatoms. The molecule has 0 aliphatic carbocycles. The van der Waals surface area contributed by atoms with Crippen LogP contribution in [-0.4, -0.2) is 72.6 Å². The van der Waals surface area contributed by atoms with E-state index in [2.05, 4.69) is 118 Å². The predicted octanol–water partition coefficient (Wildman–Crippen LogP) is 5.09. The third kappa shape index (κ3) is 5.20. The van der Waals surface area contributed by atoms with Crippen LogP contribution in [0.15, 0.2) is 82.8 Å². The van der Waals surface area contributed by atoms with E-state index >= 15 is 0 Å². The van der Waals surface area contributed by atoms with Gasteiger partial charge in [0.05, 0.1) is 22.8 Å². The molecule has 2 bridgehead atoms. The molecule has 2 unspecified atom stereocenters. The lowest BCUT2D eigenvalue weighted by Crippen LogP contribution is -2.44. The van der Waals surface area contributed by atoms with E-state index in [0.29, 0.717) is 0 Å². The van der Waals surface area contributed by atoms with E-state index in [1.165, 1.54) is 11.3 Å². The zero-order valence-corrected chi connectivity index (χ0v) is 22.4. The fraction of sp³-hybridized carbons (Fsp3) is 0.379. The normalized spacial score (nSPS) is 20.9. The average molecular weight is 503 g/mol. The maximum atomic E-state index is 6.32. The molecule has 0 radical (unpaired) electrons. The molecule has 1 saturated heterocycles. The lowest BCUT2D eigenvalue weighted by atomic mass is 10.1. The second-order valence-corrected chi connectivity index (χ2v) is 10.6. The summed E-state index contributed by atoms with van der Waals surface area (Å²) >= 11 is 6.32. The van der Waals surface area contributed by atoms with Crippen LogP contribution < -0.4 is 4.90 Å². The molecular weight excluding hydrogens is 468 g/mol. The van der Waals surface area contributed by atoms with Crippen molar-refractivity contribution >= 4 is 28.8 Å². The number of alkyl halides is 1. The third-order valence-corrected chi connectivity index (χ3v) is 7.56. The van der Waals surface area contributed by atoms with Crippen LogP contribution in [0, 0.1) is 0 Å². The Hall–Kier alpha value is -3.09. The van der Waals surface area contributed by atoms with E-state index in [0.717, 1.165) is 61.1 Å². The van der Waals surface area contributed by atoms with Crippen LogP contribution in [0.4, 0.5) is 5.69 Å². The molecule has 3 heterocycles. The van der Waals surface area contributed by atoms with Crippen LogP contribution in [-0.2, 0) is 6.54 Å². The summed E-state index contributed by atoms with van der Waals surface area (Å²) in [5.41, 5.74) is 6.79. The van der Waals surface area contributed by atoms with E-state index in [1.54, 1.807) is 0 Å². The van der Waals surface area contributed by atoms with Gasteiger partial charge in [-0.3, -0.25) is 0 Å². The molecule has 0 saturated carbocycles. The largest absolute Gasteiger partial charge is 0.369 e. The number of amidine groups is 1. The zero-order chi connectivity index (χ0) is 25.2. The van der Waals surface area contributed by atoms with Gasteiger partial charge in [-0.2, -0.15) is 5.10 Å². The van der Waals surface area contributed by atoms with Gasteiger partial charge in [0.25, 0.3) is 0 Å². The highest BCUT2D eigenvalue weighted by molar-refractivity contribution is 6.20. The first kappa shape index (κ1) is 24.6. The van der Waals surface area contributed by atoms with E-state index in [9.17, 15) is 0 Å². The second-order valence-electron chi connectivity index (χ2n) is 9.97. The maximum absolute atomic E-state index is 6.32. The minimum Gasteiger partial charge on any atom is -0.369 e. The van der Waals surface area contributed by atoms with Crippen molar-refractivity contribution in [3.63, 3.8) is 0 Å². The van der Waals surface area contributed by atoms with Crippen molar-refractivity contribution in [1.82, 2.24) is 14.7 Å². The summed E-state index contributed by atoms with van der Waals surface area (Å²) in [6.45, 7) is 9.29. The highest BCUT2D eigenvalue weighted by Crippen LogP contribution is 2.26. The summed E-state index contributed by atoms with van der Waals surface area (Å²) in [5.74, 6) is 0.878. The Bertz CT molecular complexity index is 1200. The van der Waals surface area contributed by atoms with Gasteiger partial charge in [0.1, 0.15) is 0 Å². The Morgan fingerprint density at radius 1 is 1.03 bits per heavy atom. The van der Waals surface area contributed by atoms with Crippen LogP contribution in [0.3, 0.4) is 0 Å². The second kappa shape index (κ2) is 10.5. The number of halogens is 1. The van der Waals surface area contributed by atoms with Gasteiger partial charge in [-0.05, 0) is 68.4 Å². The van der Waals surface area contributed by atoms with E-state index in [-0.39, 0.29) is 11.4 Å². The molecular formula is C29H35ClN6. The Morgan fingerprint density at radius 3 is 2.50 bits per heavy atom. The quantitative estimate of drug-likeness (QED) is 0.516. The highest BCUT2D eigenvalue weighted by atomic mass is 35.5. The molecule has 0 N–H and O–H groups in total. The molecule has 3 aliphatic rings. The number of hydrogen-bond donors (Lipinski definition) is 0. The maximum Gasteiger partial charge on any atom is 0.163 e.